The highest BCUT2D eigenvalue weighted by Crippen LogP contribution is 2.27. The highest BCUT2D eigenvalue weighted by molar-refractivity contribution is 4.85. The summed E-state index contributed by atoms with van der Waals surface area (Å²) in [5.74, 6) is 0.850. The Morgan fingerprint density at radius 2 is 1.56 bits per heavy atom. The van der Waals surface area contributed by atoms with Gasteiger partial charge in [-0.25, -0.2) is 0 Å². The molecule has 2 fully saturated rings. The third-order valence-electron chi connectivity index (χ3n) is 4.56. The molecule has 0 aliphatic heterocycles. The van der Waals surface area contributed by atoms with Crippen molar-refractivity contribution in [3.8, 4) is 0 Å². The van der Waals surface area contributed by atoms with Gasteiger partial charge in [0, 0.05) is 12.1 Å². The van der Waals surface area contributed by atoms with Crippen LogP contribution in [-0.4, -0.2) is 23.3 Å². The normalized spacial score (nSPS) is 34.9. The Bertz CT molecular complexity index is 201. The Morgan fingerprint density at radius 3 is 2.25 bits per heavy atom. The summed E-state index contributed by atoms with van der Waals surface area (Å²) in [5, 5.41) is 13.6. The van der Waals surface area contributed by atoms with Gasteiger partial charge in [-0.1, -0.05) is 32.1 Å². The summed E-state index contributed by atoms with van der Waals surface area (Å²) in [6, 6.07) is 0.962. The SMILES string of the molecule is C[C@@H](N[C@H]1CCCC[C@@H]1O)C1CCCCC1. The van der Waals surface area contributed by atoms with E-state index in [2.05, 4.69) is 12.2 Å². The second kappa shape index (κ2) is 6.02. The Kier molecular flexibility index (Phi) is 4.66. The van der Waals surface area contributed by atoms with Crippen LogP contribution in [0.2, 0.25) is 0 Å². The smallest absolute Gasteiger partial charge is 0.0693 e. The zero-order valence-electron chi connectivity index (χ0n) is 10.6. The van der Waals surface area contributed by atoms with Crippen molar-refractivity contribution in [2.75, 3.05) is 0 Å². The maximum Gasteiger partial charge on any atom is 0.0693 e. The third-order valence-corrected chi connectivity index (χ3v) is 4.56. The molecule has 2 aliphatic rings. The van der Waals surface area contributed by atoms with E-state index in [-0.39, 0.29) is 6.10 Å². The highest BCUT2D eigenvalue weighted by Gasteiger charge is 2.27. The van der Waals surface area contributed by atoms with Gasteiger partial charge in [0.1, 0.15) is 0 Å². The van der Waals surface area contributed by atoms with Gasteiger partial charge in [-0.05, 0) is 38.5 Å². The third kappa shape index (κ3) is 3.21. The molecule has 0 spiro atoms. The van der Waals surface area contributed by atoms with Crippen LogP contribution >= 0.6 is 0 Å². The van der Waals surface area contributed by atoms with Crippen molar-refractivity contribution >= 4 is 0 Å². The van der Waals surface area contributed by atoms with Gasteiger partial charge in [0.05, 0.1) is 6.10 Å². The van der Waals surface area contributed by atoms with Crippen LogP contribution < -0.4 is 5.32 Å². The van der Waals surface area contributed by atoms with Crippen LogP contribution in [0.25, 0.3) is 0 Å². The second-order valence-electron chi connectivity index (χ2n) is 5.81. The molecule has 0 bridgehead atoms. The first-order chi connectivity index (χ1) is 7.77. The largest absolute Gasteiger partial charge is 0.392 e. The van der Waals surface area contributed by atoms with Crippen molar-refractivity contribution in [3.05, 3.63) is 0 Å². The van der Waals surface area contributed by atoms with Crippen LogP contribution in [0, 0.1) is 5.92 Å². The minimum Gasteiger partial charge on any atom is -0.392 e. The zero-order valence-corrected chi connectivity index (χ0v) is 10.6. The molecule has 0 amide bonds. The summed E-state index contributed by atoms with van der Waals surface area (Å²) in [6.45, 7) is 2.32. The standard InChI is InChI=1S/C14H27NO/c1-11(12-7-3-2-4-8-12)15-13-9-5-6-10-14(13)16/h11-16H,2-10H2,1H3/t11-,13+,14+/m1/s1. The molecule has 0 aromatic rings. The average Bonchev–Trinajstić information content (AvgIpc) is 2.33. The molecule has 0 heterocycles. The van der Waals surface area contributed by atoms with Crippen molar-refractivity contribution in [2.24, 2.45) is 5.92 Å². The quantitative estimate of drug-likeness (QED) is 0.774. The minimum absolute atomic E-state index is 0.0974. The number of aliphatic hydroxyl groups is 1. The second-order valence-corrected chi connectivity index (χ2v) is 5.81. The Hall–Kier alpha value is -0.0800. The molecule has 0 aromatic carbocycles. The monoisotopic (exact) mass is 225 g/mol. The first-order valence-electron chi connectivity index (χ1n) is 7.21. The first-order valence-corrected chi connectivity index (χ1v) is 7.21. The molecule has 0 saturated heterocycles. The summed E-state index contributed by atoms with van der Waals surface area (Å²) < 4.78 is 0. The fourth-order valence-electron chi connectivity index (χ4n) is 3.41. The number of rotatable bonds is 3. The molecular formula is C14H27NO. The van der Waals surface area contributed by atoms with E-state index in [0.717, 1.165) is 18.8 Å². The first kappa shape index (κ1) is 12.4. The molecule has 0 aromatic heterocycles. The van der Waals surface area contributed by atoms with Crippen molar-refractivity contribution in [1.82, 2.24) is 5.32 Å². The van der Waals surface area contributed by atoms with E-state index < -0.39 is 0 Å². The van der Waals surface area contributed by atoms with Gasteiger partial charge in [0.2, 0.25) is 0 Å². The molecule has 0 unspecified atom stereocenters. The summed E-state index contributed by atoms with van der Waals surface area (Å²) >= 11 is 0. The molecule has 2 saturated carbocycles. The number of hydrogen-bond acceptors (Lipinski definition) is 2. The van der Waals surface area contributed by atoms with Crippen LogP contribution in [0.4, 0.5) is 0 Å². The van der Waals surface area contributed by atoms with E-state index in [1.54, 1.807) is 0 Å². The van der Waals surface area contributed by atoms with E-state index in [9.17, 15) is 5.11 Å². The van der Waals surface area contributed by atoms with Gasteiger partial charge in [0.15, 0.2) is 0 Å². The average molecular weight is 225 g/mol. The fraction of sp³-hybridized carbons (Fsp3) is 1.00. The minimum atomic E-state index is -0.0974. The highest BCUT2D eigenvalue weighted by atomic mass is 16.3. The van der Waals surface area contributed by atoms with Gasteiger partial charge in [-0.3, -0.25) is 0 Å². The maximum absolute atomic E-state index is 9.95. The summed E-state index contributed by atoms with van der Waals surface area (Å²) in [5.41, 5.74) is 0. The fourth-order valence-corrected chi connectivity index (χ4v) is 3.41. The van der Waals surface area contributed by atoms with Crippen molar-refractivity contribution in [1.29, 1.82) is 0 Å². The lowest BCUT2D eigenvalue weighted by Crippen LogP contribution is -2.48. The predicted molar refractivity (Wildman–Crippen MR) is 67.4 cm³/mol. The van der Waals surface area contributed by atoms with E-state index in [4.69, 9.17) is 0 Å². The van der Waals surface area contributed by atoms with Crippen LogP contribution in [-0.2, 0) is 0 Å². The number of aliphatic hydroxyl groups excluding tert-OH is 1. The van der Waals surface area contributed by atoms with E-state index in [0.29, 0.717) is 12.1 Å². The maximum atomic E-state index is 9.95. The molecule has 2 N–H and O–H groups in total. The Balaban J connectivity index is 1.78. The predicted octanol–water partition coefficient (Wildman–Crippen LogP) is 2.85. The molecule has 16 heavy (non-hydrogen) atoms. The molecule has 2 aliphatic carbocycles. The van der Waals surface area contributed by atoms with E-state index in [1.807, 2.05) is 0 Å². The summed E-state index contributed by atoms with van der Waals surface area (Å²) in [7, 11) is 0. The summed E-state index contributed by atoms with van der Waals surface area (Å²) in [6.07, 6.45) is 11.6. The molecule has 94 valence electrons. The van der Waals surface area contributed by atoms with Crippen LogP contribution in [0.1, 0.15) is 64.7 Å². The zero-order chi connectivity index (χ0) is 11.4. The number of hydrogen-bond donors (Lipinski definition) is 2. The molecular weight excluding hydrogens is 198 g/mol. The van der Waals surface area contributed by atoms with E-state index in [1.165, 1.54) is 44.9 Å². The van der Waals surface area contributed by atoms with Gasteiger partial charge < -0.3 is 10.4 Å². The lowest BCUT2D eigenvalue weighted by atomic mass is 9.83. The van der Waals surface area contributed by atoms with Gasteiger partial charge >= 0.3 is 0 Å². The number of nitrogens with one attached hydrogen (secondary N) is 1. The van der Waals surface area contributed by atoms with Gasteiger partial charge in [-0.15, -0.1) is 0 Å². The Morgan fingerprint density at radius 1 is 0.938 bits per heavy atom. The van der Waals surface area contributed by atoms with Gasteiger partial charge in [-0.2, -0.15) is 0 Å². The van der Waals surface area contributed by atoms with Gasteiger partial charge in [0.25, 0.3) is 0 Å². The van der Waals surface area contributed by atoms with Crippen molar-refractivity contribution in [3.63, 3.8) is 0 Å². The lowest BCUT2D eigenvalue weighted by molar-refractivity contribution is 0.0788. The van der Waals surface area contributed by atoms with Crippen LogP contribution in [0.15, 0.2) is 0 Å². The Labute approximate surface area is 99.8 Å². The molecule has 2 nitrogen and oxygen atoms in total. The topological polar surface area (TPSA) is 32.3 Å². The molecule has 2 rings (SSSR count). The lowest BCUT2D eigenvalue weighted by Gasteiger charge is -2.35. The summed E-state index contributed by atoms with van der Waals surface area (Å²) in [4.78, 5) is 0. The van der Waals surface area contributed by atoms with Crippen LogP contribution in [0.5, 0.6) is 0 Å². The molecule has 0 radical (unpaired) electrons. The van der Waals surface area contributed by atoms with Crippen molar-refractivity contribution < 1.29 is 5.11 Å². The van der Waals surface area contributed by atoms with Crippen LogP contribution in [0.3, 0.4) is 0 Å². The van der Waals surface area contributed by atoms with E-state index >= 15 is 0 Å². The van der Waals surface area contributed by atoms with Crippen molar-refractivity contribution in [2.45, 2.75) is 82.9 Å². The molecule has 3 atom stereocenters. The molecule has 2 heteroatoms.